The summed E-state index contributed by atoms with van der Waals surface area (Å²) in [5, 5.41) is 11.7. The Morgan fingerprint density at radius 3 is 2.81 bits per heavy atom. The second-order valence-corrected chi connectivity index (χ2v) is 7.14. The predicted molar refractivity (Wildman–Crippen MR) is 104 cm³/mol. The molecule has 4 rings (SSSR count). The fraction of sp³-hybridized carbons (Fsp3) is 0.150. The van der Waals surface area contributed by atoms with Gasteiger partial charge in [0.1, 0.15) is 5.69 Å². The van der Waals surface area contributed by atoms with Crippen LogP contribution in [0.4, 0.5) is 5.69 Å². The summed E-state index contributed by atoms with van der Waals surface area (Å²) in [4.78, 5) is 28.2. The highest BCUT2D eigenvalue weighted by Crippen LogP contribution is 2.33. The zero-order chi connectivity index (χ0) is 18.8. The Morgan fingerprint density at radius 1 is 1.11 bits per heavy atom. The lowest BCUT2D eigenvalue weighted by Gasteiger charge is -2.06. The lowest BCUT2D eigenvalue weighted by atomic mass is 10.1. The molecular formula is C20H16N4O2S. The number of Topliss-reactive ketones (excluding diaryl/α,β-unsaturated/α-hetero) is 1. The third-order valence-corrected chi connectivity index (χ3v) is 5.09. The Hall–Kier alpha value is -3.06. The number of ketones is 1. The van der Waals surface area contributed by atoms with Gasteiger partial charge in [-0.25, -0.2) is 4.98 Å². The Morgan fingerprint density at radius 2 is 1.96 bits per heavy atom. The van der Waals surface area contributed by atoms with Crippen molar-refractivity contribution in [3.8, 4) is 11.3 Å². The number of amides is 1. The number of aromatic nitrogens is 3. The van der Waals surface area contributed by atoms with Gasteiger partial charge in [-0.1, -0.05) is 48.2 Å². The molecule has 0 radical (unpaired) electrons. The topological polar surface area (TPSA) is 84.8 Å². The highest BCUT2D eigenvalue weighted by molar-refractivity contribution is 7.99. The maximum atomic E-state index is 12.2. The zero-order valence-electron chi connectivity index (χ0n) is 14.6. The number of carbonyl (C=O) groups is 2. The third kappa shape index (κ3) is 3.73. The molecule has 1 aromatic heterocycles. The van der Waals surface area contributed by atoms with Gasteiger partial charge in [0.25, 0.3) is 0 Å². The average molecular weight is 376 g/mol. The molecule has 134 valence electrons. The van der Waals surface area contributed by atoms with Crippen LogP contribution in [0.5, 0.6) is 0 Å². The van der Waals surface area contributed by atoms with Gasteiger partial charge in [-0.3, -0.25) is 9.59 Å². The van der Waals surface area contributed by atoms with E-state index in [2.05, 4.69) is 26.6 Å². The van der Waals surface area contributed by atoms with Crippen molar-refractivity contribution in [1.29, 1.82) is 0 Å². The van der Waals surface area contributed by atoms with Gasteiger partial charge < -0.3 is 5.32 Å². The minimum atomic E-state index is -0.187. The summed E-state index contributed by atoms with van der Waals surface area (Å²) in [5.41, 5.74) is 5.14. The number of thioether (sulfide) groups is 1. The van der Waals surface area contributed by atoms with Crippen molar-refractivity contribution < 1.29 is 9.59 Å². The predicted octanol–water partition coefficient (Wildman–Crippen LogP) is 3.38. The summed E-state index contributed by atoms with van der Waals surface area (Å²) in [6.45, 7) is 1.49. The summed E-state index contributed by atoms with van der Waals surface area (Å²) < 4.78 is 0. The first kappa shape index (κ1) is 17.4. The fourth-order valence-electron chi connectivity index (χ4n) is 2.96. The van der Waals surface area contributed by atoms with Crippen LogP contribution in [0.2, 0.25) is 0 Å². The first-order valence-corrected chi connectivity index (χ1v) is 9.44. The SMILES string of the molecule is CC(=O)c1cccc(NC(=O)CSc2nnc3c(n2)Cc2ccccc2-3)c1. The van der Waals surface area contributed by atoms with E-state index in [1.807, 2.05) is 18.2 Å². The number of benzene rings is 2. The molecular weight excluding hydrogens is 360 g/mol. The zero-order valence-corrected chi connectivity index (χ0v) is 15.4. The Labute approximate surface area is 160 Å². The van der Waals surface area contributed by atoms with E-state index in [0.717, 1.165) is 23.4 Å². The standard InChI is InChI=1S/C20H16N4O2S/c1-12(25)13-6-4-7-15(9-13)21-18(26)11-27-20-22-17-10-14-5-2-3-8-16(14)19(17)23-24-20/h2-9H,10-11H2,1H3,(H,21,26). The van der Waals surface area contributed by atoms with Crippen LogP contribution < -0.4 is 5.32 Å². The largest absolute Gasteiger partial charge is 0.325 e. The van der Waals surface area contributed by atoms with Crippen LogP contribution in [0.3, 0.4) is 0 Å². The molecule has 2 aromatic carbocycles. The number of fused-ring (bicyclic) bond motifs is 3. The molecule has 1 N–H and O–H groups in total. The molecule has 0 saturated heterocycles. The molecule has 0 unspecified atom stereocenters. The van der Waals surface area contributed by atoms with Gasteiger partial charge in [0, 0.05) is 23.2 Å². The fourth-order valence-corrected chi connectivity index (χ4v) is 3.57. The molecule has 7 heteroatoms. The molecule has 1 aliphatic carbocycles. The molecule has 0 spiro atoms. The number of carbonyl (C=O) groups excluding carboxylic acids is 2. The third-order valence-electron chi connectivity index (χ3n) is 4.26. The molecule has 1 aliphatic rings. The molecule has 0 fully saturated rings. The molecule has 1 heterocycles. The van der Waals surface area contributed by atoms with Crippen LogP contribution in [-0.2, 0) is 11.2 Å². The van der Waals surface area contributed by atoms with Gasteiger partial charge in [-0.05, 0) is 24.6 Å². The lowest BCUT2D eigenvalue weighted by molar-refractivity contribution is -0.113. The first-order valence-electron chi connectivity index (χ1n) is 8.45. The molecule has 0 aliphatic heterocycles. The molecule has 6 nitrogen and oxygen atoms in total. The number of nitrogens with zero attached hydrogens (tertiary/aromatic N) is 3. The van der Waals surface area contributed by atoms with Crippen molar-refractivity contribution in [2.24, 2.45) is 0 Å². The highest BCUT2D eigenvalue weighted by atomic mass is 32.2. The number of hydrogen-bond acceptors (Lipinski definition) is 6. The van der Waals surface area contributed by atoms with Gasteiger partial charge >= 0.3 is 0 Å². The molecule has 0 saturated carbocycles. The van der Waals surface area contributed by atoms with E-state index in [1.54, 1.807) is 24.3 Å². The van der Waals surface area contributed by atoms with Gasteiger partial charge in [-0.2, -0.15) is 0 Å². The van der Waals surface area contributed by atoms with Crippen molar-refractivity contribution in [2.45, 2.75) is 18.5 Å². The van der Waals surface area contributed by atoms with E-state index in [-0.39, 0.29) is 17.4 Å². The average Bonchev–Trinajstić information content (AvgIpc) is 3.04. The lowest BCUT2D eigenvalue weighted by Crippen LogP contribution is -2.14. The van der Waals surface area contributed by atoms with Crippen LogP contribution >= 0.6 is 11.8 Å². The van der Waals surface area contributed by atoms with Crippen LogP contribution in [0.1, 0.15) is 28.5 Å². The van der Waals surface area contributed by atoms with Crippen molar-refractivity contribution in [2.75, 3.05) is 11.1 Å². The summed E-state index contributed by atoms with van der Waals surface area (Å²) in [7, 11) is 0. The van der Waals surface area contributed by atoms with E-state index >= 15 is 0 Å². The van der Waals surface area contributed by atoms with E-state index < -0.39 is 0 Å². The number of rotatable bonds is 5. The van der Waals surface area contributed by atoms with Gasteiger partial charge in [-0.15, -0.1) is 10.2 Å². The monoisotopic (exact) mass is 376 g/mol. The molecule has 3 aromatic rings. The maximum Gasteiger partial charge on any atom is 0.234 e. The van der Waals surface area contributed by atoms with Crippen molar-refractivity contribution >= 4 is 29.1 Å². The van der Waals surface area contributed by atoms with Gasteiger partial charge in [0.2, 0.25) is 11.1 Å². The maximum absolute atomic E-state index is 12.2. The quantitative estimate of drug-likeness (QED) is 0.425. The second-order valence-electron chi connectivity index (χ2n) is 6.20. The number of hydrogen-bond donors (Lipinski definition) is 1. The van der Waals surface area contributed by atoms with Crippen LogP contribution in [0, 0.1) is 0 Å². The van der Waals surface area contributed by atoms with E-state index in [0.29, 0.717) is 16.4 Å². The Bertz CT molecular complexity index is 1050. The van der Waals surface area contributed by atoms with E-state index in [1.165, 1.54) is 24.2 Å². The van der Waals surface area contributed by atoms with Crippen LogP contribution in [0.25, 0.3) is 11.3 Å². The molecule has 0 atom stereocenters. The summed E-state index contributed by atoms with van der Waals surface area (Å²) in [6, 6.07) is 14.9. The van der Waals surface area contributed by atoms with E-state index in [9.17, 15) is 9.59 Å². The van der Waals surface area contributed by atoms with E-state index in [4.69, 9.17) is 0 Å². The summed E-state index contributed by atoms with van der Waals surface area (Å²) in [5.74, 6) is -0.0651. The van der Waals surface area contributed by atoms with Crippen molar-refractivity contribution in [3.05, 3.63) is 65.4 Å². The number of nitrogens with one attached hydrogen (secondary N) is 1. The van der Waals surface area contributed by atoms with Crippen molar-refractivity contribution in [1.82, 2.24) is 15.2 Å². The first-order chi connectivity index (χ1) is 13.1. The molecule has 0 bridgehead atoms. The summed E-state index contributed by atoms with van der Waals surface area (Å²) >= 11 is 1.24. The second kappa shape index (κ2) is 7.28. The van der Waals surface area contributed by atoms with Gasteiger partial charge in [0.15, 0.2) is 5.78 Å². The van der Waals surface area contributed by atoms with Crippen LogP contribution in [-0.4, -0.2) is 32.6 Å². The molecule has 27 heavy (non-hydrogen) atoms. The minimum Gasteiger partial charge on any atom is -0.325 e. The molecule has 1 amide bonds. The summed E-state index contributed by atoms with van der Waals surface area (Å²) in [6.07, 6.45) is 0.735. The van der Waals surface area contributed by atoms with Crippen LogP contribution in [0.15, 0.2) is 53.7 Å². The Balaban J connectivity index is 1.40. The highest BCUT2D eigenvalue weighted by Gasteiger charge is 2.22. The van der Waals surface area contributed by atoms with Gasteiger partial charge in [0.05, 0.1) is 11.4 Å². The normalized spacial score (nSPS) is 11.6. The smallest absolute Gasteiger partial charge is 0.234 e. The number of anilines is 1. The van der Waals surface area contributed by atoms with Crippen molar-refractivity contribution in [3.63, 3.8) is 0 Å². The minimum absolute atomic E-state index is 0.0425. The Kier molecular flexibility index (Phi) is 4.68.